The van der Waals surface area contributed by atoms with Crippen molar-refractivity contribution in [1.82, 2.24) is 15.1 Å². The van der Waals surface area contributed by atoms with Crippen molar-refractivity contribution in [1.29, 1.82) is 0 Å². The standard InChI is InChI=1S/C16H25N3O2/c1-12-7-10-17-19(12)11-8-13-4-3-9-16(13,15(20)21-2)18-14-5-6-14/h7,10,13-14,18H,3-6,8-9,11H2,1-2H3. The van der Waals surface area contributed by atoms with E-state index in [0.29, 0.717) is 12.0 Å². The van der Waals surface area contributed by atoms with Gasteiger partial charge in [0.15, 0.2) is 0 Å². The zero-order chi connectivity index (χ0) is 14.9. The number of carbonyl (C=O) groups is 1. The number of hydrogen-bond acceptors (Lipinski definition) is 4. The Hall–Kier alpha value is -1.36. The Labute approximate surface area is 126 Å². The second-order valence-electron chi connectivity index (χ2n) is 6.46. The molecule has 2 atom stereocenters. The van der Waals surface area contributed by atoms with Gasteiger partial charge >= 0.3 is 5.97 Å². The lowest BCUT2D eigenvalue weighted by Gasteiger charge is -2.34. The Kier molecular flexibility index (Phi) is 4.02. The smallest absolute Gasteiger partial charge is 0.326 e. The molecule has 0 spiro atoms. The summed E-state index contributed by atoms with van der Waals surface area (Å²) in [6.45, 7) is 2.94. The van der Waals surface area contributed by atoms with Crippen LogP contribution in [-0.4, -0.2) is 34.4 Å². The number of aromatic nitrogens is 2. The molecule has 116 valence electrons. The number of methoxy groups -OCH3 is 1. The summed E-state index contributed by atoms with van der Waals surface area (Å²) in [7, 11) is 1.51. The average molecular weight is 291 g/mol. The molecule has 21 heavy (non-hydrogen) atoms. The van der Waals surface area contributed by atoms with Gasteiger partial charge in [-0.05, 0) is 51.0 Å². The van der Waals surface area contributed by atoms with Crippen LogP contribution in [0.3, 0.4) is 0 Å². The van der Waals surface area contributed by atoms with E-state index in [-0.39, 0.29) is 5.97 Å². The third-order valence-electron chi connectivity index (χ3n) is 5.03. The second-order valence-corrected chi connectivity index (χ2v) is 6.46. The van der Waals surface area contributed by atoms with E-state index in [1.165, 1.54) is 25.6 Å². The number of nitrogens with zero attached hydrogens (tertiary/aromatic N) is 2. The Morgan fingerprint density at radius 3 is 2.95 bits per heavy atom. The fourth-order valence-electron chi connectivity index (χ4n) is 3.67. The third kappa shape index (κ3) is 2.84. The van der Waals surface area contributed by atoms with Crippen LogP contribution in [0.1, 0.15) is 44.2 Å². The van der Waals surface area contributed by atoms with E-state index < -0.39 is 5.54 Å². The van der Waals surface area contributed by atoms with Crippen molar-refractivity contribution in [3.05, 3.63) is 18.0 Å². The molecule has 0 aromatic carbocycles. The third-order valence-corrected chi connectivity index (χ3v) is 5.03. The molecule has 0 aliphatic heterocycles. The molecule has 0 radical (unpaired) electrons. The van der Waals surface area contributed by atoms with Crippen molar-refractivity contribution >= 4 is 5.97 Å². The summed E-state index contributed by atoms with van der Waals surface area (Å²) in [5, 5.41) is 7.95. The first-order valence-corrected chi connectivity index (χ1v) is 8.00. The van der Waals surface area contributed by atoms with Crippen molar-refractivity contribution in [3.8, 4) is 0 Å². The summed E-state index contributed by atoms with van der Waals surface area (Å²) in [5.74, 6) is 0.267. The molecule has 0 amide bonds. The number of esters is 1. The molecule has 1 aromatic rings. The molecule has 2 saturated carbocycles. The molecule has 2 unspecified atom stereocenters. The van der Waals surface area contributed by atoms with Gasteiger partial charge in [-0.1, -0.05) is 6.42 Å². The zero-order valence-corrected chi connectivity index (χ0v) is 13.0. The quantitative estimate of drug-likeness (QED) is 0.815. The van der Waals surface area contributed by atoms with E-state index in [2.05, 4.69) is 17.3 Å². The lowest BCUT2D eigenvalue weighted by Crippen LogP contribution is -2.56. The van der Waals surface area contributed by atoms with Gasteiger partial charge in [0.2, 0.25) is 0 Å². The number of carbonyl (C=O) groups excluding carboxylic acids is 1. The maximum absolute atomic E-state index is 12.4. The molecule has 5 heteroatoms. The predicted molar refractivity (Wildman–Crippen MR) is 79.8 cm³/mol. The lowest BCUT2D eigenvalue weighted by atomic mass is 9.84. The number of aryl methyl sites for hydroxylation is 2. The van der Waals surface area contributed by atoms with Crippen LogP contribution >= 0.6 is 0 Å². The summed E-state index contributed by atoms with van der Waals surface area (Å²) in [4.78, 5) is 12.4. The molecule has 3 rings (SSSR count). The summed E-state index contributed by atoms with van der Waals surface area (Å²) < 4.78 is 7.16. The second kappa shape index (κ2) is 5.79. The summed E-state index contributed by atoms with van der Waals surface area (Å²) in [5.41, 5.74) is 0.712. The fraction of sp³-hybridized carbons (Fsp3) is 0.750. The molecular formula is C16H25N3O2. The molecule has 0 saturated heterocycles. The molecule has 1 N–H and O–H groups in total. The fourth-order valence-corrected chi connectivity index (χ4v) is 3.67. The highest BCUT2D eigenvalue weighted by Gasteiger charge is 2.51. The Bertz CT molecular complexity index is 509. The highest BCUT2D eigenvalue weighted by Crippen LogP contribution is 2.41. The van der Waals surface area contributed by atoms with Gasteiger partial charge in [-0.3, -0.25) is 14.8 Å². The van der Waals surface area contributed by atoms with Crippen LogP contribution in [0.4, 0.5) is 0 Å². The van der Waals surface area contributed by atoms with Crippen molar-refractivity contribution < 1.29 is 9.53 Å². The van der Waals surface area contributed by atoms with E-state index in [1.807, 2.05) is 16.9 Å². The number of ether oxygens (including phenoxy) is 1. The van der Waals surface area contributed by atoms with Crippen molar-refractivity contribution in [2.24, 2.45) is 5.92 Å². The molecule has 2 aliphatic rings. The topological polar surface area (TPSA) is 56.1 Å². The summed E-state index contributed by atoms with van der Waals surface area (Å²) >= 11 is 0. The van der Waals surface area contributed by atoms with Crippen LogP contribution in [0.15, 0.2) is 12.3 Å². The minimum absolute atomic E-state index is 0.0749. The van der Waals surface area contributed by atoms with Gasteiger partial charge in [0, 0.05) is 24.5 Å². The largest absolute Gasteiger partial charge is 0.468 e. The first-order chi connectivity index (χ1) is 10.2. The lowest BCUT2D eigenvalue weighted by molar-refractivity contribution is -0.150. The average Bonchev–Trinajstić information content (AvgIpc) is 3.05. The molecule has 0 bridgehead atoms. The van der Waals surface area contributed by atoms with Gasteiger partial charge in [0.1, 0.15) is 5.54 Å². The van der Waals surface area contributed by atoms with Crippen molar-refractivity contribution in [3.63, 3.8) is 0 Å². The van der Waals surface area contributed by atoms with E-state index in [1.54, 1.807) is 0 Å². The van der Waals surface area contributed by atoms with E-state index in [0.717, 1.165) is 32.2 Å². The van der Waals surface area contributed by atoms with Gasteiger partial charge in [0.05, 0.1) is 7.11 Å². The Balaban J connectivity index is 1.71. The van der Waals surface area contributed by atoms with Gasteiger partial charge in [-0.25, -0.2) is 0 Å². The number of rotatable bonds is 6. The highest BCUT2D eigenvalue weighted by atomic mass is 16.5. The molecular weight excluding hydrogens is 266 g/mol. The first-order valence-electron chi connectivity index (χ1n) is 8.00. The highest BCUT2D eigenvalue weighted by molar-refractivity contribution is 5.81. The molecule has 1 heterocycles. The Morgan fingerprint density at radius 2 is 2.33 bits per heavy atom. The van der Waals surface area contributed by atoms with Gasteiger partial charge in [-0.15, -0.1) is 0 Å². The van der Waals surface area contributed by atoms with Crippen LogP contribution in [0.2, 0.25) is 0 Å². The monoisotopic (exact) mass is 291 g/mol. The maximum atomic E-state index is 12.4. The zero-order valence-electron chi connectivity index (χ0n) is 13.0. The molecule has 5 nitrogen and oxygen atoms in total. The van der Waals surface area contributed by atoms with Crippen LogP contribution < -0.4 is 5.32 Å². The van der Waals surface area contributed by atoms with Crippen LogP contribution in [0.25, 0.3) is 0 Å². The maximum Gasteiger partial charge on any atom is 0.326 e. The van der Waals surface area contributed by atoms with Crippen molar-refractivity contribution in [2.75, 3.05) is 7.11 Å². The van der Waals surface area contributed by atoms with Crippen LogP contribution in [0.5, 0.6) is 0 Å². The SMILES string of the molecule is COC(=O)C1(NC2CC2)CCCC1CCn1nccc1C. The molecule has 1 aromatic heterocycles. The first kappa shape index (κ1) is 14.6. The molecule has 2 fully saturated rings. The predicted octanol–water partition coefficient (Wildman–Crippen LogP) is 2.05. The molecule has 2 aliphatic carbocycles. The minimum atomic E-state index is -0.461. The van der Waals surface area contributed by atoms with Crippen LogP contribution in [-0.2, 0) is 16.1 Å². The van der Waals surface area contributed by atoms with Gasteiger partial charge < -0.3 is 4.74 Å². The van der Waals surface area contributed by atoms with Gasteiger partial charge in [0.25, 0.3) is 0 Å². The normalized spacial score (nSPS) is 28.8. The van der Waals surface area contributed by atoms with Crippen LogP contribution in [0, 0.1) is 12.8 Å². The van der Waals surface area contributed by atoms with Gasteiger partial charge in [-0.2, -0.15) is 5.10 Å². The summed E-state index contributed by atoms with van der Waals surface area (Å²) in [6, 6.07) is 2.53. The van der Waals surface area contributed by atoms with E-state index in [4.69, 9.17) is 4.74 Å². The van der Waals surface area contributed by atoms with Crippen molar-refractivity contribution in [2.45, 2.75) is 63.6 Å². The van der Waals surface area contributed by atoms with E-state index in [9.17, 15) is 4.79 Å². The number of nitrogens with one attached hydrogen (secondary N) is 1. The Morgan fingerprint density at radius 1 is 1.52 bits per heavy atom. The minimum Gasteiger partial charge on any atom is -0.468 e. The van der Waals surface area contributed by atoms with E-state index >= 15 is 0 Å². The summed E-state index contributed by atoms with van der Waals surface area (Å²) in [6.07, 6.45) is 8.26. The number of hydrogen-bond donors (Lipinski definition) is 1.